The Labute approximate surface area is 108 Å². The molecule has 1 aromatic rings. The van der Waals surface area contributed by atoms with Crippen LogP contribution in [0.3, 0.4) is 0 Å². The average molecular weight is 254 g/mol. The van der Waals surface area contributed by atoms with Crippen LogP contribution in [0.4, 0.5) is 5.95 Å². The number of hydrogen-bond acceptors (Lipinski definition) is 3. The quantitative estimate of drug-likeness (QED) is 0.839. The molecule has 1 unspecified atom stereocenters. The molecular weight excluding hydrogens is 232 g/mol. The maximum atomic E-state index is 5.30. The van der Waals surface area contributed by atoms with Crippen molar-refractivity contribution < 1.29 is 0 Å². The minimum absolute atomic E-state index is 0.607. The third kappa shape index (κ3) is 2.39. The zero-order chi connectivity index (χ0) is 12.4. The van der Waals surface area contributed by atoms with E-state index in [1.165, 1.54) is 12.8 Å². The molecule has 0 aromatic carbocycles. The molecule has 0 saturated carbocycles. The Hall–Kier alpha value is -0.840. The first-order valence-electron chi connectivity index (χ1n) is 6.57. The molecule has 5 heteroatoms. The van der Waals surface area contributed by atoms with Crippen LogP contribution in [-0.2, 0) is 6.54 Å². The molecule has 1 aliphatic heterocycles. The molecule has 0 amide bonds. The Balaban J connectivity index is 2.30. The van der Waals surface area contributed by atoms with E-state index in [1.54, 1.807) is 0 Å². The van der Waals surface area contributed by atoms with Gasteiger partial charge >= 0.3 is 0 Å². The van der Waals surface area contributed by atoms with Crippen molar-refractivity contribution in [1.82, 2.24) is 14.8 Å². The summed E-state index contributed by atoms with van der Waals surface area (Å²) in [5.41, 5.74) is 0. The smallest absolute Gasteiger partial charge is 0.225 e. The number of rotatable bonds is 4. The molecule has 96 valence electrons. The van der Waals surface area contributed by atoms with Crippen molar-refractivity contribution in [3.8, 4) is 0 Å². The van der Waals surface area contributed by atoms with E-state index in [1.807, 2.05) is 0 Å². The summed E-state index contributed by atoms with van der Waals surface area (Å²) in [6.45, 7) is 8.80. The lowest BCUT2D eigenvalue weighted by Gasteiger charge is -2.28. The summed E-state index contributed by atoms with van der Waals surface area (Å²) in [6, 6.07) is 0.607. The van der Waals surface area contributed by atoms with Gasteiger partial charge in [0.2, 0.25) is 5.95 Å². The molecule has 0 aliphatic carbocycles. The van der Waals surface area contributed by atoms with E-state index in [9.17, 15) is 0 Å². The monoisotopic (exact) mass is 254 g/mol. The lowest BCUT2D eigenvalue weighted by atomic mass is 10.0. The van der Waals surface area contributed by atoms with Crippen LogP contribution in [0.5, 0.6) is 0 Å². The first-order chi connectivity index (χ1) is 8.15. The summed E-state index contributed by atoms with van der Waals surface area (Å²) in [5.74, 6) is 1.70. The van der Waals surface area contributed by atoms with Crippen LogP contribution >= 0.6 is 12.2 Å². The van der Waals surface area contributed by atoms with Crippen molar-refractivity contribution >= 4 is 18.2 Å². The Bertz CT molecular complexity index is 420. The average Bonchev–Trinajstić information content (AvgIpc) is 2.87. The van der Waals surface area contributed by atoms with Gasteiger partial charge in [-0.15, -0.1) is 5.10 Å². The maximum absolute atomic E-state index is 5.30. The summed E-state index contributed by atoms with van der Waals surface area (Å²) in [4.78, 5) is 2.42. The molecule has 1 atom stereocenters. The van der Waals surface area contributed by atoms with Gasteiger partial charge in [0.15, 0.2) is 4.77 Å². The summed E-state index contributed by atoms with van der Waals surface area (Å²) in [5, 5.41) is 7.35. The Morgan fingerprint density at radius 3 is 2.94 bits per heavy atom. The highest BCUT2D eigenvalue weighted by atomic mass is 32.1. The second-order valence-electron chi connectivity index (χ2n) is 5.13. The fourth-order valence-corrected chi connectivity index (χ4v) is 2.91. The van der Waals surface area contributed by atoms with Crippen molar-refractivity contribution in [2.45, 2.75) is 52.6 Å². The van der Waals surface area contributed by atoms with E-state index >= 15 is 0 Å². The zero-order valence-electron chi connectivity index (χ0n) is 10.9. The van der Waals surface area contributed by atoms with Crippen molar-refractivity contribution in [2.24, 2.45) is 5.92 Å². The van der Waals surface area contributed by atoms with Crippen molar-refractivity contribution in [3.05, 3.63) is 4.77 Å². The van der Waals surface area contributed by atoms with Crippen molar-refractivity contribution in [1.29, 1.82) is 0 Å². The van der Waals surface area contributed by atoms with Gasteiger partial charge in [0, 0.05) is 19.1 Å². The van der Waals surface area contributed by atoms with Gasteiger partial charge in [0.25, 0.3) is 0 Å². The minimum atomic E-state index is 0.607. The van der Waals surface area contributed by atoms with Crippen LogP contribution < -0.4 is 4.90 Å². The lowest BCUT2D eigenvalue weighted by Crippen LogP contribution is -2.35. The van der Waals surface area contributed by atoms with E-state index in [0.29, 0.717) is 12.0 Å². The summed E-state index contributed by atoms with van der Waals surface area (Å²) in [7, 11) is 0. The fourth-order valence-electron chi connectivity index (χ4n) is 2.69. The fraction of sp³-hybridized carbons (Fsp3) is 0.833. The highest BCUT2D eigenvalue weighted by Gasteiger charge is 2.30. The molecule has 0 spiro atoms. The molecule has 17 heavy (non-hydrogen) atoms. The minimum Gasteiger partial charge on any atom is -0.338 e. The largest absolute Gasteiger partial charge is 0.338 e. The van der Waals surface area contributed by atoms with Crippen LogP contribution in [0, 0.1) is 10.7 Å². The summed E-state index contributed by atoms with van der Waals surface area (Å²) in [6.07, 6.45) is 3.61. The van der Waals surface area contributed by atoms with E-state index in [4.69, 9.17) is 12.2 Å². The first-order valence-corrected chi connectivity index (χ1v) is 6.97. The predicted molar refractivity (Wildman–Crippen MR) is 72.9 cm³/mol. The van der Waals surface area contributed by atoms with Crippen molar-refractivity contribution in [3.63, 3.8) is 0 Å². The van der Waals surface area contributed by atoms with Crippen LogP contribution in [0.15, 0.2) is 0 Å². The predicted octanol–water partition coefficient (Wildman–Crippen LogP) is 2.98. The number of nitrogens with zero attached hydrogens (tertiary/aromatic N) is 3. The Kier molecular flexibility index (Phi) is 3.86. The molecule has 0 bridgehead atoms. The van der Waals surface area contributed by atoms with Gasteiger partial charge < -0.3 is 4.90 Å². The summed E-state index contributed by atoms with van der Waals surface area (Å²) < 4.78 is 2.88. The van der Waals surface area contributed by atoms with Crippen LogP contribution in [0.2, 0.25) is 0 Å². The van der Waals surface area contributed by atoms with Crippen LogP contribution in [-0.4, -0.2) is 27.4 Å². The maximum Gasteiger partial charge on any atom is 0.225 e. The van der Waals surface area contributed by atoms with Gasteiger partial charge in [-0.25, -0.2) is 5.10 Å². The SMILES string of the molecule is CCCn1c(N2CCCC2C(C)C)n[nH]c1=S. The third-order valence-corrected chi connectivity index (χ3v) is 3.82. The first kappa shape index (κ1) is 12.6. The second kappa shape index (κ2) is 5.21. The number of anilines is 1. The molecular formula is C12H22N4S. The molecule has 1 N–H and O–H groups in total. The van der Waals surface area contributed by atoms with Crippen LogP contribution in [0.25, 0.3) is 0 Å². The standard InChI is InChI=1S/C12H22N4S/c1-4-7-16-11(13-14-12(16)17)15-8-5-6-10(15)9(2)3/h9-10H,4-8H2,1-3H3,(H,14,17). The molecule has 1 aromatic heterocycles. The number of H-pyrrole nitrogens is 1. The number of nitrogens with one attached hydrogen (secondary N) is 1. The molecule has 0 radical (unpaired) electrons. The molecule has 1 saturated heterocycles. The molecule has 2 heterocycles. The number of hydrogen-bond donors (Lipinski definition) is 1. The summed E-state index contributed by atoms with van der Waals surface area (Å²) >= 11 is 5.30. The van der Waals surface area contributed by atoms with Crippen molar-refractivity contribution in [2.75, 3.05) is 11.4 Å². The lowest BCUT2D eigenvalue weighted by molar-refractivity contribution is 0.480. The normalized spacial score (nSPS) is 20.5. The molecule has 4 nitrogen and oxygen atoms in total. The van der Waals surface area contributed by atoms with E-state index < -0.39 is 0 Å². The van der Waals surface area contributed by atoms with Gasteiger partial charge in [0.05, 0.1) is 0 Å². The number of aromatic amines is 1. The Morgan fingerprint density at radius 2 is 2.29 bits per heavy atom. The molecule has 2 rings (SSSR count). The number of aromatic nitrogens is 3. The molecule has 1 fully saturated rings. The second-order valence-corrected chi connectivity index (χ2v) is 5.51. The van der Waals surface area contributed by atoms with Gasteiger partial charge in [-0.2, -0.15) is 0 Å². The van der Waals surface area contributed by atoms with Crippen LogP contribution in [0.1, 0.15) is 40.0 Å². The highest BCUT2D eigenvalue weighted by molar-refractivity contribution is 7.71. The van der Waals surface area contributed by atoms with E-state index in [-0.39, 0.29) is 0 Å². The highest BCUT2D eigenvalue weighted by Crippen LogP contribution is 2.28. The van der Waals surface area contributed by atoms with Gasteiger partial charge in [-0.05, 0) is 37.4 Å². The van der Waals surface area contributed by atoms with E-state index in [2.05, 4.69) is 40.4 Å². The van der Waals surface area contributed by atoms with E-state index in [0.717, 1.165) is 30.2 Å². The topological polar surface area (TPSA) is 36.9 Å². The van der Waals surface area contributed by atoms with Gasteiger partial charge in [-0.1, -0.05) is 20.8 Å². The molecule has 1 aliphatic rings. The van der Waals surface area contributed by atoms with Gasteiger partial charge in [-0.3, -0.25) is 4.57 Å². The van der Waals surface area contributed by atoms with Gasteiger partial charge in [0.1, 0.15) is 0 Å². The zero-order valence-corrected chi connectivity index (χ0v) is 11.8. The Morgan fingerprint density at radius 1 is 1.53 bits per heavy atom. The third-order valence-electron chi connectivity index (χ3n) is 3.51.